The summed E-state index contributed by atoms with van der Waals surface area (Å²) >= 11 is 0. The van der Waals surface area contributed by atoms with E-state index in [1.54, 1.807) is 11.0 Å². The van der Waals surface area contributed by atoms with Crippen molar-refractivity contribution < 1.29 is 9.59 Å². The first-order valence-electron chi connectivity index (χ1n) is 8.40. The molecule has 0 radical (unpaired) electrons. The lowest BCUT2D eigenvalue weighted by Crippen LogP contribution is -2.29. The third-order valence-electron chi connectivity index (χ3n) is 4.63. The Bertz CT molecular complexity index is 1050. The van der Waals surface area contributed by atoms with Crippen LogP contribution in [0.5, 0.6) is 0 Å². The molecule has 2 heterocycles. The van der Waals surface area contributed by atoms with E-state index in [1.165, 1.54) is 12.3 Å². The fourth-order valence-corrected chi connectivity index (χ4v) is 3.31. The van der Waals surface area contributed by atoms with Gasteiger partial charge in [0.15, 0.2) is 0 Å². The van der Waals surface area contributed by atoms with E-state index in [9.17, 15) is 14.4 Å². The molecule has 4 rings (SSSR count). The summed E-state index contributed by atoms with van der Waals surface area (Å²) in [5, 5.41) is 4.64. The van der Waals surface area contributed by atoms with E-state index < -0.39 is 5.92 Å². The molecule has 3 aromatic rings. The number of hydrogen-bond donors (Lipinski definition) is 2. The average molecular weight is 347 g/mol. The maximum atomic E-state index is 12.5. The number of aromatic nitrogens is 1. The van der Waals surface area contributed by atoms with Crippen LogP contribution >= 0.6 is 0 Å². The lowest BCUT2D eigenvalue weighted by molar-refractivity contribution is -0.122. The van der Waals surface area contributed by atoms with Crippen molar-refractivity contribution in [2.24, 2.45) is 5.92 Å². The van der Waals surface area contributed by atoms with Crippen LogP contribution < -0.4 is 15.8 Å². The number of carbonyl (C=O) groups excluding carboxylic acids is 2. The van der Waals surface area contributed by atoms with Crippen LogP contribution in [0.3, 0.4) is 0 Å². The summed E-state index contributed by atoms with van der Waals surface area (Å²) in [6, 6.07) is 16.8. The number of nitrogens with one attached hydrogen (secondary N) is 2. The van der Waals surface area contributed by atoms with Gasteiger partial charge in [-0.3, -0.25) is 14.4 Å². The zero-order valence-corrected chi connectivity index (χ0v) is 13.9. The van der Waals surface area contributed by atoms with Gasteiger partial charge in [-0.25, -0.2) is 0 Å². The van der Waals surface area contributed by atoms with Crippen molar-refractivity contribution in [2.75, 3.05) is 16.8 Å². The second-order valence-electron chi connectivity index (χ2n) is 6.31. The largest absolute Gasteiger partial charge is 0.327 e. The quantitative estimate of drug-likeness (QED) is 0.764. The molecule has 1 saturated heterocycles. The first-order valence-corrected chi connectivity index (χ1v) is 8.40. The second-order valence-corrected chi connectivity index (χ2v) is 6.31. The Morgan fingerprint density at radius 2 is 1.85 bits per heavy atom. The monoisotopic (exact) mass is 347 g/mol. The highest BCUT2D eigenvalue weighted by Gasteiger charge is 2.35. The van der Waals surface area contributed by atoms with Gasteiger partial charge in [-0.1, -0.05) is 36.4 Å². The van der Waals surface area contributed by atoms with Crippen molar-refractivity contribution in [1.29, 1.82) is 0 Å². The van der Waals surface area contributed by atoms with E-state index >= 15 is 0 Å². The van der Waals surface area contributed by atoms with Crippen LogP contribution in [-0.4, -0.2) is 23.3 Å². The Morgan fingerprint density at radius 1 is 1.04 bits per heavy atom. The highest BCUT2D eigenvalue weighted by Crippen LogP contribution is 2.31. The normalized spacial score (nSPS) is 16.8. The van der Waals surface area contributed by atoms with Crippen LogP contribution in [0.25, 0.3) is 10.8 Å². The van der Waals surface area contributed by atoms with E-state index in [1.807, 2.05) is 42.5 Å². The highest BCUT2D eigenvalue weighted by molar-refractivity contribution is 6.08. The fraction of sp³-hybridized carbons (Fsp3) is 0.150. The van der Waals surface area contributed by atoms with Gasteiger partial charge in [-0.05, 0) is 23.6 Å². The van der Waals surface area contributed by atoms with Gasteiger partial charge < -0.3 is 15.2 Å². The van der Waals surface area contributed by atoms with Crippen LogP contribution in [0.2, 0.25) is 0 Å². The van der Waals surface area contributed by atoms with Gasteiger partial charge in [0, 0.05) is 24.5 Å². The van der Waals surface area contributed by atoms with Gasteiger partial charge >= 0.3 is 0 Å². The molecule has 6 heteroatoms. The molecular weight excluding hydrogens is 330 g/mol. The van der Waals surface area contributed by atoms with E-state index in [-0.39, 0.29) is 29.5 Å². The van der Waals surface area contributed by atoms with Crippen molar-refractivity contribution in [3.05, 3.63) is 71.1 Å². The highest BCUT2D eigenvalue weighted by atomic mass is 16.2. The number of fused-ring (bicyclic) bond motifs is 1. The summed E-state index contributed by atoms with van der Waals surface area (Å²) in [4.78, 5) is 40.9. The molecule has 26 heavy (non-hydrogen) atoms. The number of hydrogen-bond acceptors (Lipinski definition) is 3. The number of pyridine rings is 1. The van der Waals surface area contributed by atoms with Gasteiger partial charge in [0.2, 0.25) is 11.8 Å². The summed E-state index contributed by atoms with van der Waals surface area (Å²) in [5.41, 5.74) is 0.630. The van der Waals surface area contributed by atoms with Crippen molar-refractivity contribution >= 4 is 34.0 Å². The third kappa shape index (κ3) is 2.86. The van der Waals surface area contributed by atoms with Crippen LogP contribution in [0.1, 0.15) is 6.42 Å². The molecule has 0 saturated carbocycles. The number of aromatic amines is 1. The van der Waals surface area contributed by atoms with Crippen LogP contribution in [0.15, 0.2) is 65.6 Å². The summed E-state index contributed by atoms with van der Waals surface area (Å²) < 4.78 is 0. The van der Waals surface area contributed by atoms with Gasteiger partial charge in [0.25, 0.3) is 5.56 Å². The Balaban J connectivity index is 1.58. The van der Waals surface area contributed by atoms with E-state index in [4.69, 9.17) is 0 Å². The molecule has 0 spiro atoms. The molecule has 2 aromatic carbocycles. The zero-order chi connectivity index (χ0) is 18.1. The zero-order valence-electron chi connectivity index (χ0n) is 13.9. The van der Waals surface area contributed by atoms with Crippen LogP contribution in [0.4, 0.5) is 11.4 Å². The molecule has 1 fully saturated rings. The SMILES string of the molecule is O=C(Nc1ccc[nH]c1=O)[C@H]1CC(=O)N(c2cccc3ccccc23)C1. The number of nitrogens with zero attached hydrogens (tertiary/aromatic N) is 1. The van der Waals surface area contributed by atoms with Crippen molar-refractivity contribution in [3.63, 3.8) is 0 Å². The van der Waals surface area contributed by atoms with Gasteiger partial charge in [0.05, 0.1) is 11.6 Å². The van der Waals surface area contributed by atoms with Gasteiger partial charge in [0.1, 0.15) is 5.69 Å². The minimum atomic E-state index is -0.499. The Labute approximate surface area is 149 Å². The van der Waals surface area contributed by atoms with Crippen LogP contribution in [0, 0.1) is 5.92 Å². The van der Waals surface area contributed by atoms with Gasteiger partial charge in [-0.15, -0.1) is 0 Å². The lowest BCUT2D eigenvalue weighted by Gasteiger charge is -2.19. The van der Waals surface area contributed by atoms with Crippen molar-refractivity contribution in [1.82, 2.24) is 4.98 Å². The molecule has 2 N–H and O–H groups in total. The number of H-pyrrole nitrogens is 1. The molecule has 1 atom stereocenters. The number of carbonyl (C=O) groups is 2. The predicted octanol–water partition coefficient (Wildman–Crippen LogP) is 2.52. The molecule has 1 aliphatic heterocycles. The number of amides is 2. The minimum Gasteiger partial charge on any atom is -0.327 e. The topological polar surface area (TPSA) is 82.3 Å². The fourth-order valence-electron chi connectivity index (χ4n) is 3.31. The molecule has 6 nitrogen and oxygen atoms in total. The molecule has 2 amide bonds. The molecule has 0 unspecified atom stereocenters. The summed E-state index contributed by atoms with van der Waals surface area (Å²) in [6.07, 6.45) is 1.62. The summed E-state index contributed by atoms with van der Waals surface area (Å²) in [5.74, 6) is -0.915. The molecule has 130 valence electrons. The maximum Gasteiger partial charge on any atom is 0.271 e. The molecule has 0 aliphatic carbocycles. The van der Waals surface area contributed by atoms with Gasteiger partial charge in [-0.2, -0.15) is 0 Å². The predicted molar refractivity (Wildman–Crippen MR) is 100 cm³/mol. The van der Waals surface area contributed by atoms with Crippen LogP contribution in [-0.2, 0) is 9.59 Å². The smallest absolute Gasteiger partial charge is 0.271 e. The average Bonchev–Trinajstić information content (AvgIpc) is 3.05. The van der Waals surface area contributed by atoms with E-state index in [2.05, 4.69) is 10.3 Å². The van der Waals surface area contributed by atoms with E-state index in [0.717, 1.165) is 16.5 Å². The Kier molecular flexibility index (Phi) is 4.01. The summed E-state index contributed by atoms with van der Waals surface area (Å²) in [7, 11) is 0. The van der Waals surface area contributed by atoms with E-state index in [0.29, 0.717) is 6.54 Å². The third-order valence-corrected chi connectivity index (χ3v) is 4.63. The minimum absolute atomic E-state index is 0.0940. The Hall–Kier alpha value is -3.41. The van der Waals surface area contributed by atoms with Crippen molar-refractivity contribution in [3.8, 4) is 0 Å². The number of anilines is 2. The standard InChI is InChI=1S/C20H17N3O3/c24-18-11-14(19(25)22-16-8-4-10-21-20(16)26)12-23(18)17-9-3-6-13-5-1-2-7-15(13)17/h1-10,14H,11-12H2,(H,21,26)(H,22,25)/t14-/m0/s1. The molecule has 1 aliphatic rings. The maximum absolute atomic E-state index is 12.5. The molecule has 0 bridgehead atoms. The molecular formula is C20H17N3O3. The first kappa shape index (κ1) is 16.1. The van der Waals surface area contributed by atoms with Crippen molar-refractivity contribution in [2.45, 2.75) is 6.42 Å². The Morgan fingerprint density at radius 3 is 2.69 bits per heavy atom. The second kappa shape index (κ2) is 6.48. The number of benzene rings is 2. The summed E-state index contributed by atoms with van der Waals surface area (Å²) in [6.45, 7) is 0.295. The first-order chi connectivity index (χ1) is 12.6. The number of rotatable bonds is 3. The molecule has 1 aromatic heterocycles. The lowest BCUT2D eigenvalue weighted by atomic mass is 10.1.